The van der Waals surface area contributed by atoms with Crippen molar-refractivity contribution >= 4 is 17.5 Å². The van der Waals surface area contributed by atoms with Gasteiger partial charge >= 0.3 is 0 Å². The van der Waals surface area contributed by atoms with Crippen molar-refractivity contribution in [1.82, 2.24) is 19.7 Å². The van der Waals surface area contributed by atoms with Crippen molar-refractivity contribution in [1.29, 1.82) is 5.26 Å². The van der Waals surface area contributed by atoms with Gasteiger partial charge in [0.25, 0.3) is 5.91 Å². The van der Waals surface area contributed by atoms with Crippen molar-refractivity contribution in [3.05, 3.63) is 106 Å². The van der Waals surface area contributed by atoms with Crippen LogP contribution in [0.5, 0.6) is 0 Å². The molecule has 2 aromatic carbocycles. The first-order valence-electron chi connectivity index (χ1n) is 13.9. The number of fused-ring (bicyclic) bond motifs is 1. The van der Waals surface area contributed by atoms with Gasteiger partial charge in [-0.15, -0.1) is 0 Å². The Morgan fingerprint density at radius 3 is 2.56 bits per heavy atom. The lowest BCUT2D eigenvalue weighted by molar-refractivity contribution is -0.194. The molecular formula is C32H29ClFN5O4. The highest BCUT2D eigenvalue weighted by molar-refractivity contribution is 6.30. The average molecular weight is 602 g/mol. The molecule has 1 saturated carbocycles. The molecule has 220 valence electrons. The van der Waals surface area contributed by atoms with Crippen LogP contribution in [0.3, 0.4) is 0 Å². The molecule has 0 saturated heterocycles. The minimum atomic E-state index is -1.70. The molecule has 0 radical (unpaired) electrons. The van der Waals surface area contributed by atoms with Gasteiger partial charge in [-0.3, -0.25) is 14.4 Å². The van der Waals surface area contributed by atoms with Gasteiger partial charge in [-0.25, -0.2) is 9.37 Å². The van der Waals surface area contributed by atoms with Gasteiger partial charge < -0.3 is 14.9 Å². The van der Waals surface area contributed by atoms with Crippen molar-refractivity contribution in [2.24, 2.45) is 12.5 Å². The second-order valence-electron chi connectivity index (χ2n) is 11.2. The fourth-order valence-electron chi connectivity index (χ4n) is 5.67. The number of amides is 1. The van der Waals surface area contributed by atoms with Gasteiger partial charge in [-0.2, -0.15) is 10.4 Å². The minimum Gasteiger partial charge on any atom is -0.396 e. The first kappa shape index (κ1) is 29.0. The summed E-state index contributed by atoms with van der Waals surface area (Å²) in [5.74, 6) is -1.51. The molecule has 0 spiro atoms. The zero-order chi connectivity index (χ0) is 30.4. The van der Waals surface area contributed by atoms with Crippen LogP contribution in [-0.4, -0.2) is 55.2 Å². The Kier molecular flexibility index (Phi) is 7.52. The zero-order valence-electron chi connectivity index (χ0n) is 23.4. The van der Waals surface area contributed by atoms with Gasteiger partial charge in [-0.1, -0.05) is 41.9 Å². The Balaban J connectivity index is 1.52. The number of ether oxygens (including phenoxy) is 1. The summed E-state index contributed by atoms with van der Waals surface area (Å²) in [5.41, 5.74) is -0.389. The summed E-state index contributed by atoms with van der Waals surface area (Å²) in [5, 5.41) is 36.1. The van der Waals surface area contributed by atoms with Crippen molar-refractivity contribution in [2.45, 2.75) is 37.6 Å². The second kappa shape index (κ2) is 11.2. The smallest absolute Gasteiger partial charge is 0.261 e. The van der Waals surface area contributed by atoms with Crippen LogP contribution in [0.1, 0.15) is 45.8 Å². The van der Waals surface area contributed by atoms with E-state index in [0.29, 0.717) is 22.0 Å². The van der Waals surface area contributed by atoms with Crippen LogP contribution < -0.4 is 0 Å². The number of nitriles is 1. The molecule has 43 heavy (non-hydrogen) atoms. The molecule has 2 aliphatic rings. The van der Waals surface area contributed by atoms with E-state index in [1.165, 1.54) is 0 Å². The number of nitrogens with zero attached hydrogens (tertiary/aromatic N) is 5. The lowest BCUT2D eigenvalue weighted by atomic mass is 9.92. The summed E-state index contributed by atoms with van der Waals surface area (Å²) in [7, 11) is 1.74. The summed E-state index contributed by atoms with van der Waals surface area (Å²) in [6.07, 6.45) is 1.58. The molecule has 9 nitrogen and oxygen atoms in total. The number of carbonyl (C=O) groups is 1. The largest absolute Gasteiger partial charge is 0.396 e. The van der Waals surface area contributed by atoms with E-state index in [-0.39, 0.29) is 48.4 Å². The highest BCUT2D eigenvalue weighted by Crippen LogP contribution is 2.51. The number of carbonyl (C=O) groups excluding carboxylic acids is 1. The standard InChI is InChI=1S/C32H29ClFN5O4/c1-38-14-11-22(37-38)15-27(41)39-30(42)28-26(10-9-25(29(28)34)20-5-7-21(33)8-6-20)32(39,43-19-31(18-40)12-13-31)16-23-3-2-4-24(17-35)36-23/h2-11,14,27,40-41H,12-13,15-16,18-19H2,1H3/t27?,32-/m1/s1. The molecule has 0 bridgehead atoms. The SMILES string of the molecule is Cn1ccc(CC(O)N2C(=O)c3c(ccc(-c4ccc(Cl)cc4)c3F)[C@@]2(Cc2cccc(C#N)n2)OCC2(CO)CC2)n1. The maximum atomic E-state index is 16.5. The number of aromatic nitrogens is 3. The number of halogens is 2. The van der Waals surface area contributed by atoms with E-state index >= 15 is 4.39 Å². The molecule has 1 amide bonds. The number of benzene rings is 2. The quantitative estimate of drug-likeness (QED) is 0.277. The summed E-state index contributed by atoms with van der Waals surface area (Å²) >= 11 is 6.05. The van der Waals surface area contributed by atoms with Gasteiger partial charge in [0.2, 0.25) is 0 Å². The molecule has 11 heteroatoms. The minimum absolute atomic E-state index is 0.0475. The third kappa shape index (κ3) is 5.30. The Morgan fingerprint density at radius 2 is 1.91 bits per heavy atom. The third-order valence-corrected chi connectivity index (χ3v) is 8.50. The molecule has 1 aliphatic heterocycles. The van der Waals surface area contributed by atoms with Gasteiger partial charge in [0.15, 0.2) is 5.72 Å². The van der Waals surface area contributed by atoms with Crippen molar-refractivity contribution < 1.29 is 24.1 Å². The number of pyridine rings is 1. The van der Waals surface area contributed by atoms with Gasteiger partial charge in [0.05, 0.1) is 24.5 Å². The number of hydrogen-bond donors (Lipinski definition) is 2. The fraction of sp³-hybridized carbons (Fsp3) is 0.312. The summed E-state index contributed by atoms with van der Waals surface area (Å²) in [4.78, 5) is 19.9. The molecule has 3 heterocycles. The fourth-order valence-corrected chi connectivity index (χ4v) is 5.79. The zero-order valence-corrected chi connectivity index (χ0v) is 24.1. The van der Waals surface area contributed by atoms with Gasteiger partial charge in [0.1, 0.15) is 23.8 Å². The molecule has 2 N–H and O–H groups in total. The van der Waals surface area contributed by atoms with Crippen LogP contribution >= 0.6 is 11.6 Å². The molecule has 6 rings (SSSR count). The highest BCUT2D eigenvalue weighted by atomic mass is 35.5. The predicted octanol–water partition coefficient (Wildman–Crippen LogP) is 4.35. The van der Waals surface area contributed by atoms with E-state index < -0.39 is 29.1 Å². The first-order chi connectivity index (χ1) is 20.7. The molecule has 1 aliphatic carbocycles. The summed E-state index contributed by atoms with van der Waals surface area (Å²) in [6, 6.07) is 18.5. The van der Waals surface area contributed by atoms with E-state index in [1.54, 1.807) is 78.6 Å². The van der Waals surface area contributed by atoms with Crippen LogP contribution in [0.15, 0.2) is 66.9 Å². The predicted molar refractivity (Wildman–Crippen MR) is 155 cm³/mol. The number of aliphatic hydroxyl groups excluding tert-OH is 2. The monoisotopic (exact) mass is 601 g/mol. The average Bonchev–Trinajstić information content (AvgIpc) is 3.61. The molecule has 2 atom stereocenters. The van der Waals surface area contributed by atoms with Crippen molar-refractivity contribution in [3.63, 3.8) is 0 Å². The van der Waals surface area contributed by atoms with Crippen LogP contribution in [-0.2, 0) is 30.4 Å². The molecule has 2 aromatic heterocycles. The number of aryl methyl sites for hydroxylation is 1. The number of hydrogen-bond acceptors (Lipinski definition) is 7. The highest BCUT2D eigenvalue weighted by Gasteiger charge is 2.57. The number of rotatable bonds is 10. The van der Waals surface area contributed by atoms with E-state index in [9.17, 15) is 20.3 Å². The number of aliphatic hydroxyl groups is 2. The molecule has 4 aromatic rings. The normalized spacial score (nSPS) is 19.3. The summed E-state index contributed by atoms with van der Waals surface area (Å²) < 4.78 is 24.7. The Bertz CT molecular complexity index is 1730. The first-order valence-corrected chi connectivity index (χ1v) is 14.3. The van der Waals surface area contributed by atoms with Crippen molar-refractivity contribution in [3.8, 4) is 17.2 Å². The molecule has 1 fully saturated rings. The lowest BCUT2D eigenvalue weighted by Crippen LogP contribution is -2.54. The van der Waals surface area contributed by atoms with Crippen LogP contribution in [0.25, 0.3) is 11.1 Å². The van der Waals surface area contributed by atoms with Gasteiger partial charge in [0, 0.05) is 53.3 Å². The van der Waals surface area contributed by atoms with Crippen LogP contribution in [0.4, 0.5) is 4.39 Å². The lowest BCUT2D eigenvalue weighted by Gasteiger charge is -2.42. The molecule has 1 unspecified atom stereocenters. The third-order valence-electron chi connectivity index (χ3n) is 8.25. The van der Waals surface area contributed by atoms with Crippen LogP contribution in [0.2, 0.25) is 5.02 Å². The molecular weight excluding hydrogens is 573 g/mol. The van der Waals surface area contributed by atoms with E-state index in [1.807, 2.05) is 6.07 Å². The topological polar surface area (TPSA) is 124 Å². The Labute approximate surface area is 252 Å². The van der Waals surface area contributed by atoms with Crippen LogP contribution in [0, 0.1) is 22.6 Å². The summed E-state index contributed by atoms with van der Waals surface area (Å²) in [6.45, 7) is -0.0616. The Hall–Kier alpha value is -4.14. The van der Waals surface area contributed by atoms with Gasteiger partial charge in [-0.05, 0) is 48.7 Å². The second-order valence-corrected chi connectivity index (χ2v) is 11.7. The maximum Gasteiger partial charge on any atom is 0.261 e. The maximum absolute atomic E-state index is 16.5. The van der Waals surface area contributed by atoms with E-state index in [4.69, 9.17) is 16.3 Å². The van der Waals surface area contributed by atoms with E-state index in [0.717, 1.165) is 17.7 Å². The van der Waals surface area contributed by atoms with Crippen molar-refractivity contribution in [2.75, 3.05) is 13.2 Å². The Morgan fingerprint density at radius 1 is 1.14 bits per heavy atom. The van der Waals surface area contributed by atoms with E-state index in [2.05, 4.69) is 10.1 Å².